The van der Waals surface area contributed by atoms with E-state index in [4.69, 9.17) is 18.0 Å². The maximum atomic E-state index is 12.1. The molecule has 2 aromatic rings. The van der Waals surface area contributed by atoms with E-state index < -0.39 is 0 Å². The Morgan fingerprint density at radius 2 is 2.30 bits per heavy atom. The van der Waals surface area contributed by atoms with Crippen molar-refractivity contribution in [3.8, 4) is 12.3 Å². The summed E-state index contributed by atoms with van der Waals surface area (Å²) in [7, 11) is 0. The van der Waals surface area contributed by atoms with Gasteiger partial charge in [0.2, 0.25) is 0 Å². The third-order valence-electron chi connectivity index (χ3n) is 2.68. The second-order valence-corrected chi connectivity index (χ2v) is 4.48. The molecule has 0 unspecified atom stereocenters. The van der Waals surface area contributed by atoms with Gasteiger partial charge in [0.1, 0.15) is 12.2 Å². The summed E-state index contributed by atoms with van der Waals surface area (Å²) in [5.41, 5.74) is 1.08. The first-order valence-electron chi connectivity index (χ1n) is 6.04. The van der Waals surface area contributed by atoms with Gasteiger partial charge in [-0.2, -0.15) is 5.10 Å². The lowest BCUT2D eigenvalue weighted by atomic mass is 10.2. The van der Waals surface area contributed by atoms with E-state index in [1.54, 1.807) is 12.4 Å². The van der Waals surface area contributed by atoms with Gasteiger partial charge < -0.3 is 5.32 Å². The Hall–Kier alpha value is -2.32. The van der Waals surface area contributed by atoms with E-state index in [0.717, 1.165) is 12.0 Å². The molecule has 102 valence electrons. The van der Waals surface area contributed by atoms with E-state index in [0.29, 0.717) is 12.2 Å². The number of hydrogen-bond donors (Lipinski definition) is 1. The highest BCUT2D eigenvalue weighted by Gasteiger charge is 2.08. The Kier molecular flexibility index (Phi) is 4.75. The Labute approximate surface area is 121 Å². The van der Waals surface area contributed by atoms with Crippen molar-refractivity contribution < 1.29 is 0 Å². The Bertz CT molecular complexity index is 676. The van der Waals surface area contributed by atoms with Gasteiger partial charge in [0.25, 0.3) is 5.56 Å². The molecule has 0 bridgehead atoms. The number of aromatic nitrogens is 3. The van der Waals surface area contributed by atoms with Crippen LogP contribution in [0.3, 0.4) is 0 Å². The maximum absolute atomic E-state index is 12.1. The summed E-state index contributed by atoms with van der Waals surface area (Å²) in [4.78, 5) is 16.1. The van der Waals surface area contributed by atoms with Crippen molar-refractivity contribution in [2.24, 2.45) is 0 Å². The van der Waals surface area contributed by atoms with Crippen LogP contribution in [-0.4, -0.2) is 21.3 Å². The molecule has 0 saturated heterocycles. The van der Waals surface area contributed by atoms with E-state index in [1.807, 2.05) is 12.1 Å². The van der Waals surface area contributed by atoms with Crippen LogP contribution in [0.2, 0.25) is 5.02 Å². The Balaban J connectivity index is 2.08. The molecule has 0 amide bonds. The number of anilines is 1. The number of nitrogens with zero attached hydrogens (tertiary/aromatic N) is 3. The summed E-state index contributed by atoms with van der Waals surface area (Å²) in [6.45, 7) is 0.688. The van der Waals surface area contributed by atoms with Gasteiger partial charge in [0.15, 0.2) is 0 Å². The topological polar surface area (TPSA) is 59.8 Å². The first kappa shape index (κ1) is 14.1. The highest BCUT2D eigenvalue weighted by Crippen LogP contribution is 2.14. The van der Waals surface area contributed by atoms with Crippen molar-refractivity contribution in [1.82, 2.24) is 14.8 Å². The lowest BCUT2D eigenvalue weighted by Crippen LogP contribution is -2.26. The Morgan fingerprint density at radius 3 is 3.00 bits per heavy atom. The summed E-state index contributed by atoms with van der Waals surface area (Å²) in [5, 5.41) is 7.19. The van der Waals surface area contributed by atoms with E-state index in [2.05, 4.69) is 21.3 Å². The van der Waals surface area contributed by atoms with Crippen molar-refractivity contribution >= 4 is 17.3 Å². The number of pyridine rings is 1. The van der Waals surface area contributed by atoms with Crippen molar-refractivity contribution in [2.45, 2.75) is 13.0 Å². The molecule has 0 aliphatic rings. The number of halogens is 1. The van der Waals surface area contributed by atoms with Crippen LogP contribution in [0.15, 0.2) is 35.5 Å². The molecule has 0 aliphatic carbocycles. The molecule has 1 N–H and O–H groups in total. The van der Waals surface area contributed by atoms with E-state index in [-0.39, 0.29) is 17.1 Å². The largest absolute Gasteiger partial charge is 0.379 e. The lowest BCUT2D eigenvalue weighted by Gasteiger charge is -2.09. The van der Waals surface area contributed by atoms with Gasteiger partial charge >= 0.3 is 0 Å². The van der Waals surface area contributed by atoms with E-state index in [1.165, 1.54) is 10.9 Å². The van der Waals surface area contributed by atoms with Gasteiger partial charge in [-0.1, -0.05) is 23.6 Å². The molecule has 6 heteroatoms. The molecule has 2 heterocycles. The fraction of sp³-hybridized carbons (Fsp3) is 0.214. The standard InChI is InChI=1S/C14H13ClN4O/c1-2-8-19-14(20)13(12(15)10-18-19)17-7-5-11-4-3-6-16-9-11/h1,3-4,6,9-10,17H,5,7-8H2. The van der Waals surface area contributed by atoms with Crippen LogP contribution >= 0.6 is 11.6 Å². The van der Waals surface area contributed by atoms with Crippen LogP contribution in [0.25, 0.3) is 0 Å². The predicted molar refractivity (Wildman–Crippen MR) is 78.8 cm³/mol. The SMILES string of the molecule is C#CCn1ncc(Cl)c(NCCc2cccnc2)c1=O. The number of terminal acetylenes is 1. The summed E-state index contributed by atoms with van der Waals surface area (Å²) in [5.74, 6) is 2.37. The van der Waals surface area contributed by atoms with E-state index in [9.17, 15) is 4.79 Å². The number of rotatable bonds is 5. The van der Waals surface area contributed by atoms with Crippen LogP contribution in [0.4, 0.5) is 5.69 Å². The average molecular weight is 289 g/mol. The lowest BCUT2D eigenvalue weighted by molar-refractivity contribution is 0.664. The van der Waals surface area contributed by atoms with Gasteiger partial charge in [0.05, 0.1) is 11.2 Å². The zero-order valence-electron chi connectivity index (χ0n) is 10.7. The monoisotopic (exact) mass is 288 g/mol. The third-order valence-corrected chi connectivity index (χ3v) is 2.96. The summed E-state index contributed by atoms with van der Waals surface area (Å²) in [6, 6.07) is 3.84. The quantitative estimate of drug-likeness (QED) is 0.849. The summed E-state index contributed by atoms with van der Waals surface area (Å²) < 4.78 is 1.19. The van der Waals surface area contributed by atoms with Crippen LogP contribution in [-0.2, 0) is 13.0 Å². The van der Waals surface area contributed by atoms with Gasteiger partial charge in [-0.05, 0) is 18.1 Å². The predicted octanol–water partition coefficient (Wildman–Crippen LogP) is 1.58. The minimum absolute atomic E-state index is 0.118. The third kappa shape index (κ3) is 3.37. The molecule has 5 nitrogen and oxygen atoms in total. The van der Waals surface area contributed by atoms with Crippen molar-refractivity contribution in [1.29, 1.82) is 0 Å². The normalized spacial score (nSPS) is 10.0. The molecule has 2 aromatic heterocycles. The minimum Gasteiger partial charge on any atom is -0.379 e. The van der Waals surface area contributed by atoms with E-state index >= 15 is 0 Å². The van der Waals surface area contributed by atoms with Crippen LogP contribution < -0.4 is 10.9 Å². The second kappa shape index (κ2) is 6.73. The molecule has 0 saturated carbocycles. The molecular weight excluding hydrogens is 276 g/mol. The molecule has 0 spiro atoms. The van der Waals surface area contributed by atoms with Crippen LogP contribution in [0, 0.1) is 12.3 Å². The molecular formula is C14H13ClN4O. The fourth-order valence-corrected chi connectivity index (χ4v) is 1.90. The van der Waals surface area contributed by atoms with Gasteiger partial charge in [-0.25, -0.2) is 4.68 Å². The highest BCUT2D eigenvalue weighted by molar-refractivity contribution is 6.32. The first-order chi connectivity index (χ1) is 9.72. The van der Waals surface area contributed by atoms with Crippen molar-refractivity contribution in [3.05, 3.63) is 51.7 Å². The first-order valence-corrected chi connectivity index (χ1v) is 6.42. The number of nitrogens with one attached hydrogen (secondary N) is 1. The molecule has 0 aliphatic heterocycles. The average Bonchev–Trinajstić information content (AvgIpc) is 2.47. The zero-order chi connectivity index (χ0) is 14.4. The van der Waals surface area contributed by atoms with Crippen molar-refractivity contribution in [2.75, 3.05) is 11.9 Å². The zero-order valence-corrected chi connectivity index (χ0v) is 11.5. The van der Waals surface area contributed by atoms with Gasteiger partial charge in [-0.15, -0.1) is 6.42 Å². The fourth-order valence-electron chi connectivity index (χ4n) is 1.71. The molecule has 2 rings (SSSR count). The van der Waals surface area contributed by atoms with Crippen LogP contribution in [0.5, 0.6) is 0 Å². The van der Waals surface area contributed by atoms with Crippen molar-refractivity contribution in [3.63, 3.8) is 0 Å². The van der Waals surface area contributed by atoms with Gasteiger partial charge in [0, 0.05) is 18.9 Å². The molecule has 20 heavy (non-hydrogen) atoms. The molecule has 0 radical (unpaired) electrons. The highest BCUT2D eigenvalue weighted by atomic mass is 35.5. The number of hydrogen-bond acceptors (Lipinski definition) is 4. The Morgan fingerprint density at radius 1 is 1.45 bits per heavy atom. The molecule has 0 fully saturated rings. The summed E-state index contributed by atoms with van der Waals surface area (Å²) >= 11 is 5.98. The van der Waals surface area contributed by atoms with Gasteiger partial charge in [-0.3, -0.25) is 9.78 Å². The maximum Gasteiger partial charge on any atom is 0.292 e. The minimum atomic E-state index is -0.318. The molecule has 0 atom stereocenters. The summed E-state index contributed by atoms with van der Waals surface area (Å²) in [6.07, 6.45) is 10.8. The van der Waals surface area contributed by atoms with Crippen LogP contribution in [0.1, 0.15) is 5.56 Å². The molecule has 0 aromatic carbocycles. The smallest absolute Gasteiger partial charge is 0.292 e. The second-order valence-electron chi connectivity index (χ2n) is 4.07.